The Hall–Kier alpha value is -0.530. The van der Waals surface area contributed by atoms with E-state index >= 15 is 0 Å². The van der Waals surface area contributed by atoms with Crippen molar-refractivity contribution in [2.24, 2.45) is 10.9 Å². The molecule has 1 heterocycles. The monoisotopic (exact) mass is 166 g/mol. The summed E-state index contributed by atoms with van der Waals surface area (Å²) >= 11 is 0. The van der Waals surface area contributed by atoms with Gasteiger partial charge in [-0.05, 0) is 12.8 Å². The van der Waals surface area contributed by atoms with Crippen LogP contribution in [-0.2, 0) is 0 Å². The highest BCUT2D eigenvalue weighted by Crippen LogP contribution is 2.26. The maximum absolute atomic E-state index is 4.58. The molecule has 0 radical (unpaired) electrons. The fraction of sp³-hybridized carbons (Fsp3) is 0.900. The van der Waals surface area contributed by atoms with Gasteiger partial charge in [0.05, 0.1) is 6.54 Å². The van der Waals surface area contributed by atoms with Crippen LogP contribution in [0.15, 0.2) is 4.99 Å². The van der Waals surface area contributed by atoms with E-state index < -0.39 is 0 Å². The topological polar surface area (TPSA) is 15.6 Å². The number of rotatable bonds is 1. The predicted octanol–water partition coefficient (Wildman–Crippen LogP) is 1.91. The number of likely N-dealkylation sites (N-methyl/N-ethyl adjacent to an activating group) is 1. The Morgan fingerprint density at radius 2 is 2.00 bits per heavy atom. The van der Waals surface area contributed by atoms with Crippen LogP contribution in [0.3, 0.4) is 0 Å². The van der Waals surface area contributed by atoms with Crippen molar-refractivity contribution in [1.82, 2.24) is 4.90 Å². The lowest BCUT2D eigenvalue weighted by atomic mass is 9.88. The van der Waals surface area contributed by atoms with Crippen LogP contribution in [-0.4, -0.2) is 30.9 Å². The molecule has 0 aromatic carbocycles. The quantitative estimate of drug-likeness (QED) is 0.581. The molecule has 0 aromatic rings. The summed E-state index contributed by atoms with van der Waals surface area (Å²) in [6, 6.07) is 0. The smallest absolute Gasteiger partial charge is 0.102 e. The number of aliphatic imine (C=N–C) groups is 1. The van der Waals surface area contributed by atoms with Crippen molar-refractivity contribution in [3.8, 4) is 0 Å². The van der Waals surface area contributed by atoms with Crippen molar-refractivity contribution in [3.05, 3.63) is 0 Å². The van der Waals surface area contributed by atoms with Crippen LogP contribution in [0.1, 0.15) is 32.1 Å². The Balaban J connectivity index is 1.97. The molecule has 1 aliphatic carbocycles. The third-order valence-corrected chi connectivity index (χ3v) is 3.07. The standard InChI is InChI=1S/C10H18N2/c1-12-8-7-11-10(12)9-5-3-2-4-6-9/h9H,2-8H2,1H3. The second-order valence-corrected chi connectivity index (χ2v) is 4.00. The molecular formula is C10H18N2. The average molecular weight is 166 g/mol. The molecule has 0 amide bonds. The summed E-state index contributed by atoms with van der Waals surface area (Å²) in [7, 11) is 2.18. The first-order valence-corrected chi connectivity index (χ1v) is 5.13. The maximum atomic E-state index is 4.58. The summed E-state index contributed by atoms with van der Waals surface area (Å²) in [4.78, 5) is 6.93. The predicted molar refractivity (Wildman–Crippen MR) is 51.5 cm³/mol. The van der Waals surface area contributed by atoms with Gasteiger partial charge in [0.1, 0.15) is 5.84 Å². The lowest BCUT2D eigenvalue weighted by molar-refractivity contribution is 0.405. The molecule has 0 unspecified atom stereocenters. The van der Waals surface area contributed by atoms with Crippen LogP contribution in [0.4, 0.5) is 0 Å². The van der Waals surface area contributed by atoms with E-state index in [1.807, 2.05) is 0 Å². The molecule has 0 bridgehead atoms. The molecular weight excluding hydrogens is 148 g/mol. The highest BCUT2D eigenvalue weighted by molar-refractivity contribution is 5.85. The van der Waals surface area contributed by atoms with Crippen LogP contribution >= 0.6 is 0 Å². The van der Waals surface area contributed by atoms with Crippen molar-refractivity contribution >= 4 is 5.84 Å². The first-order valence-electron chi connectivity index (χ1n) is 5.13. The highest BCUT2D eigenvalue weighted by atomic mass is 15.2. The molecule has 68 valence electrons. The van der Waals surface area contributed by atoms with E-state index in [0.717, 1.165) is 19.0 Å². The van der Waals surface area contributed by atoms with Crippen LogP contribution in [0.25, 0.3) is 0 Å². The molecule has 0 spiro atoms. The number of amidine groups is 1. The Morgan fingerprint density at radius 3 is 2.58 bits per heavy atom. The van der Waals surface area contributed by atoms with E-state index in [1.165, 1.54) is 37.9 Å². The van der Waals surface area contributed by atoms with Crippen molar-refractivity contribution < 1.29 is 0 Å². The third kappa shape index (κ3) is 1.47. The number of hydrogen-bond donors (Lipinski definition) is 0. The molecule has 12 heavy (non-hydrogen) atoms. The van der Waals surface area contributed by atoms with Gasteiger partial charge in [-0.2, -0.15) is 0 Å². The molecule has 0 saturated heterocycles. The molecule has 1 fully saturated rings. The first kappa shape index (κ1) is 8.09. The van der Waals surface area contributed by atoms with Gasteiger partial charge in [-0.1, -0.05) is 19.3 Å². The van der Waals surface area contributed by atoms with Gasteiger partial charge in [0.2, 0.25) is 0 Å². The zero-order chi connectivity index (χ0) is 8.39. The minimum atomic E-state index is 0.797. The summed E-state index contributed by atoms with van der Waals surface area (Å²) in [6.45, 7) is 2.17. The van der Waals surface area contributed by atoms with Gasteiger partial charge in [0.15, 0.2) is 0 Å². The van der Waals surface area contributed by atoms with Gasteiger partial charge < -0.3 is 4.90 Å². The molecule has 2 heteroatoms. The van der Waals surface area contributed by atoms with Gasteiger partial charge in [0, 0.05) is 19.5 Å². The second-order valence-electron chi connectivity index (χ2n) is 4.00. The van der Waals surface area contributed by atoms with Crippen molar-refractivity contribution in [3.63, 3.8) is 0 Å². The van der Waals surface area contributed by atoms with Crippen molar-refractivity contribution in [2.75, 3.05) is 20.1 Å². The summed E-state index contributed by atoms with van der Waals surface area (Å²) in [5, 5.41) is 0. The maximum Gasteiger partial charge on any atom is 0.102 e. The Morgan fingerprint density at radius 1 is 1.25 bits per heavy atom. The third-order valence-electron chi connectivity index (χ3n) is 3.07. The van der Waals surface area contributed by atoms with Crippen molar-refractivity contribution in [1.29, 1.82) is 0 Å². The summed E-state index contributed by atoms with van der Waals surface area (Å²) < 4.78 is 0. The van der Waals surface area contributed by atoms with Gasteiger partial charge >= 0.3 is 0 Å². The Labute approximate surface area is 74.7 Å². The zero-order valence-corrected chi connectivity index (χ0v) is 7.92. The van der Waals surface area contributed by atoms with Gasteiger partial charge in [-0.3, -0.25) is 4.99 Å². The molecule has 2 rings (SSSR count). The first-order chi connectivity index (χ1) is 5.88. The van der Waals surface area contributed by atoms with E-state index in [1.54, 1.807) is 0 Å². The minimum Gasteiger partial charge on any atom is -0.361 e. The number of hydrogen-bond acceptors (Lipinski definition) is 2. The normalized spacial score (nSPS) is 26.1. The van der Waals surface area contributed by atoms with Crippen LogP contribution < -0.4 is 0 Å². The Bertz CT molecular complexity index is 180. The molecule has 0 aromatic heterocycles. The average Bonchev–Trinajstić information content (AvgIpc) is 2.53. The molecule has 2 nitrogen and oxygen atoms in total. The van der Waals surface area contributed by atoms with E-state index in [9.17, 15) is 0 Å². The lowest BCUT2D eigenvalue weighted by Crippen LogP contribution is -2.30. The van der Waals surface area contributed by atoms with Crippen LogP contribution in [0.2, 0.25) is 0 Å². The van der Waals surface area contributed by atoms with E-state index in [2.05, 4.69) is 16.9 Å². The van der Waals surface area contributed by atoms with E-state index in [4.69, 9.17) is 0 Å². The number of nitrogens with zero attached hydrogens (tertiary/aromatic N) is 2. The Kier molecular flexibility index (Phi) is 2.33. The summed E-state index contributed by atoms with van der Waals surface area (Å²) in [6.07, 6.45) is 7.02. The molecule has 0 N–H and O–H groups in total. The largest absolute Gasteiger partial charge is 0.361 e. The summed E-state index contributed by atoms with van der Waals surface area (Å²) in [5.41, 5.74) is 0. The minimum absolute atomic E-state index is 0.797. The van der Waals surface area contributed by atoms with Gasteiger partial charge in [0.25, 0.3) is 0 Å². The van der Waals surface area contributed by atoms with Crippen LogP contribution in [0.5, 0.6) is 0 Å². The molecule has 0 atom stereocenters. The molecule has 1 aliphatic heterocycles. The van der Waals surface area contributed by atoms with E-state index in [0.29, 0.717) is 0 Å². The highest BCUT2D eigenvalue weighted by Gasteiger charge is 2.24. The fourth-order valence-electron chi connectivity index (χ4n) is 2.35. The molecule has 2 aliphatic rings. The zero-order valence-electron chi connectivity index (χ0n) is 7.92. The fourth-order valence-corrected chi connectivity index (χ4v) is 2.35. The second kappa shape index (κ2) is 3.46. The van der Waals surface area contributed by atoms with E-state index in [-0.39, 0.29) is 0 Å². The van der Waals surface area contributed by atoms with Crippen LogP contribution in [0, 0.1) is 5.92 Å². The molecule has 1 saturated carbocycles. The van der Waals surface area contributed by atoms with Crippen molar-refractivity contribution in [2.45, 2.75) is 32.1 Å². The lowest BCUT2D eigenvalue weighted by Gasteiger charge is -2.26. The van der Waals surface area contributed by atoms with Gasteiger partial charge in [-0.15, -0.1) is 0 Å². The van der Waals surface area contributed by atoms with Gasteiger partial charge in [-0.25, -0.2) is 0 Å². The SMILES string of the molecule is CN1CCN=C1C1CCCCC1. The summed E-state index contributed by atoms with van der Waals surface area (Å²) in [5.74, 6) is 2.20.